The van der Waals surface area contributed by atoms with Crippen LogP contribution in [-0.2, 0) is 14.3 Å². The SMILES string of the molecule is CC(=O)C1=COC2=CCOC2=C1. The third-order valence-corrected chi connectivity index (χ3v) is 1.76. The van der Waals surface area contributed by atoms with Crippen LogP contribution in [0.25, 0.3) is 0 Å². The normalized spacial score (nSPS) is 19.6. The Bertz CT molecular complexity index is 321. The van der Waals surface area contributed by atoms with Crippen molar-refractivity contribution in [3.63, 3.8) is 0 Å². The second-order valence-electron chi connectivity index (χ2n) is 2.64. The maximum Gasteiger partial charge on any atom is 0.167 e. The zero-order chi connectivity index (χ0) is 8.55. The predicted molar refractivity (Wildman–Crippen MR) is 42.0 cm³/mol. The quantitative estimate of drug-likeness (QED) is 0.585. The number of ketones is 1. The fourth-order valence-electron chi connectivity index (χ4n) is 1.08. The summed E-state index contributed by atoms with van der Waals surface area (Å²) in [7, 11) is 0. The molecule has 0 aliphatic carbocycles. The molecule has 0 amide bonds. The minimum absolute atomic E-state index is 0.0166. The van der Waals surface area contributed by atoms with E-state index in [0.29, 0.717) is 23.7 Å². The van der Waals surface area contributed by atoms with Crippen LogP contribution in [0.1, 0.15) is 6.92 Å². The Kier molecular flexibility index (Phi) is 1.50. The summed E-state index contributed by atoms with van der Waals surface area (Å²) in [6.45, 7) is 2.02. The molecule has 0 aromatic rings. The second kappa shape index (κ2) is 2.52. The van der Waals surface area contributed by atoms with E-state index in [0.717, 1.165) is 0 Å². The molecule has 3 nitrogen and oxygen atoms in total. The first kappa shape index (κ1) is 7.16. The molecule has 0 spiro atoms. The molecule has 0 aromatic carbocycles. The summed E-state index contributed by atoms with van der Waals surface area (Å²) in [5, 5.41) is 0. The van der Waals surface area contributed by atoms with Crippen molar-refractivity contribution in [1.29, 1.82) is 0 Å². The van der Waals surface area contributed by atoms with Gasteiger partial charge in [0.05, 0.1) is 5.57 Å². The molecule has 12 heavy (non-hydrogen) atoms. The average molecular weight is 164 g/mol. The van der Waals surface area contributed by atoms with Crippen LogP contribution in [0.2, 0.25) is 0 Å². The lowest BCUT2D eigenvalue weighted by Gasteiger charge is -2.10. The van der Waals surface area contributed by atoms with Crippen molar-refractivity contribution in [3.05, 3.63) is 35.5 Å². The van der Waals surface area contributed by atoms with Gasteiger partial charge in [0, 0.05) is 0 Å². The number of Topliss-reactive ketones (excluding diaryl/α,β-unsaturated/α-hetero) is 1. The lowest BCUT2D eigenvalue weighted by atomic mass is 10.1. The maximum absolute atomic E-state index is 10.9. The zero-order valence-corrected chi connectivity index (χ0v) is 6.66. The molecule has 2 rings (SSSR count). The minimum atomic E-state index is -0.0166. The zero-order valence-electron chi connectivity index (χ0n) is 6.66. The molecular weight excluding hydrogens is 156 g/mol. The number of hydrogen-bond donors (Lipinski definition) is 0. The first-order valence-electron chi connectivity index (χ1n) is 3.70. The van der Waals surface area contributed by atoms with Crippen LogP contribution in [0.5, 0.6) is 0 Å². The van der Waals surface area contributed by atoms with Crippen molar-refractivity contribution in [2.45, 2.75) is 6.92 Å². The third kappa shape index (κ3) is 1.03. The largest absolute Gasteiger partial charge is 0.485 e. The highest BCUT2D eigenvalue weighted by molar-refractivity contribution is 5.96. The third-order valence-electron chi connectivity index (χ3n) is 1.76. The molecule has 0 bridgehead atoms. The summed E-state index contributed by atoms with van der Waals surface area (Å²) in [6.07, 6.45) is 4.98. The molecule has 0 aromatic heterocycles. The highest BCUT2D eigenvalue weighted by Crippen LogP contribution is 2.26. The van der Waals surface area contributed by atoms with E-state index in [9.17, 15) is 4.79 Å². The van der Waals surface area contributed by atoms with Crippen molar-refractivity contribution in [1.82, 2.24) is 0 Å². The molecule has 2 heterocycles. The van der Waals surface area contributed by atoms with Crippen molar-refractivity contribution in [2.75, 3.05) is 6.61 Å². The van der Waals surface area contributed by atoms with E-state index in [4.69, 9.17) is 9.47 Å². The van der Waals surface area contributed by atoms with E-state index in [-0.39, 0.29) is 5.78 Å². The van der Waals surface area contributed by atoms with Crippen LogP contribution in [0.15, 0.2) is 35.5 Å². The molecule has 0 radical (unpaired) electrons. The van der Waals surface area contributed by atoms with Gasteiger partial charge >= 0.3 is 0 Å². The van der Waals surface area contributed by atoms with Gasteiger partial charge in [-0.2, -0.15) is 0 Å². The standard InChI is InChI=1S/C9H8O3/c1-6(10)7-4-9-8(12-5-7)2-3-11-9/h2,4-5H,3H2,1H3. The molecule has 3 heteroatoms. The van der Waals surface area contributed by atoms with Crippen molar-refractivity contribution < 1.29 is 14.3 Å². The average Bonchev–Trinajstić information content (AvgIpc) is 2.49. The van der Waals surface area contributed by atoms with Crippen LogP contribution >= 0.6 is 0 Å². The van der Waals surface area contributed by atoms with Gasteiger partial charge in [-0.15, -0.1) is 0 Å². The lowest BCUT2D eigenvalue weighted by molar-refractivity contribution is -0.113. The number of hydrogen-bond acceptors (Lipinski definition) is 3. The van der Waals surface area contributed by atoms with Crippen LogP contribution in [0, 0.1) is 0 Å². The fourth-order valence-corrected chi connectivity index (χ4v) is 1.08. The van der Waals surface area contributed by atoms with Crippen LogP contribution in [-0.4, -0.2) is 12.4 Å². The number of allylic oxidation sites excluding steroid dienone is 2. The molecular formula is C9H8O3. The van der Waals surface area contributed by atoms with Crippen LogP contribution in [0.4, 0.5) is 0 Å². The summed E-state index contributed by atoms with van der Waals surface area (Å²) in [6, 6.07) is 0. The molecule has 2 aliphatic heterocycles. The Morgan fingerprint density at radius 2 is 2.33 bits per heavy atom. The predicted octanol–water partition coefficient (Wildman–Crippen LogP) is 1.29. The number of carbonyl (C=O) groups is 1. The van der Waals surface area contributed by atoms with Gasteiger partial charge in [0.2, 0.25) is 0 Å². The summed E-state index contributed by atoms with van der Waals surface area (Å²) in [4.78, 5) is 10.9. The molecule has 0 fully saturated rings. The Labute approximate surface area is 70.0 Å². The highest BCUT2D eigenvalue weighted by Gasteiger charge is 2.19. The first-order chi connectivity index (χ1) is 5.77. The Morgan fingerprint density at radius 1 is 1.50 bits per heavy atom. The lowest BCUT2D eigenvalue weighted by Crippen LogP contribution is -2.02. The van der Waals surface area contributed by atoms with E-state index in [1.165, 1.54) is 13.2 Å². The Morgan fingerprint density at radius 3 is 3.08 bits per heavy atom. The molecule has 0 saturated carbocycles. The Balaban J connectivity index is 2.30. The van der Waals surface area contributed by atoms with E-state index in [1.54, 1.807) is 6.08 Å². The maximum atomic E-state index is 10.9. The van der Waals surface area contributed by atoms with Gasteiger partial charge in [-0.25, -0.2) is 0 Å². The van der Waals surface area contributed by atoms with E-state index < -0.39 is 0 Å². The monoisotopic (exact) mass is 164 g/mol. The van der Waals surface area contributed by atoms with Gasteiger partial charge in [-0.3, -0.25) is 4.79 Å². The molecule has 0 N–H and O–H groups in total. The molecule has 62 valence electrons. The summed E-state index contributed by atoms with van der Waals surface area (Å²) < 4.78 is 10.3. The minimum Gasteiger partial charge on any atom is -0.485 e. The van der Waals surface area contributed by atoms with Crippen LogP contribution < -0.4 is 0 Å². The summed E-state index contributed by atoms with van der Waals surface area (Å²) >= 11 is 0. The van der Waals surface area contributed by atoms with E-state index in [2.05, 4.69) is 0 Å². The van der Waals surface area contributed by atoms with Gasteiger partial charge < -0.3 is 9.47 Å². The van der Waals surface area contributed by atoms with E-state index >= 15 is 0 Å². The van der Waals surface area contributed by atoms with E-state index in [1.807, 2.05) is 6.08 Å². The Hall–Kier alpha value is -1.51. The molecule has 2 aliphatic rings. The van der Waals surface area contributed by atoms with Gasteiger partial charge in [0.25, 0.3) is 0 Å². The molecule has 0 saturated heterocycles. The van der Waals surface area contributed by atoms with Gasteiger partial charge in [0.1, 0.15) is 12.9 Å². The molecule has 0 unspecified atom stereocenters. The van der Waals surface area contributed by atoms with Gasteiger partial charge in [-0.1, -0.05) is 0 Å². The molecule has 0 atom stereocenters. The number of fused-ring (bicyclic) bond motifs is 1. The fraction of sp³-hybridized carbons (Fsp3) is 0.222. The van der Waals surface area contributed by atoms with Gasteiger partial charge in [-0.05, 0) is 19.1 Å². The van der Waals surface area contributed by atoms with Crippen LogP contribution in [0.3, 0.4) is 0 Å². The highest BCUT2D eigenvalue weighted by atomic mass is 16.5. The number of ether oxygens (including phenoxy) is 2. The summed E-state index contributed by atoms with van der Waals surface area (Å²) in [5.74, 6) is 1.35. The van der Waals surface area contributed by atoms with Crippen molar-refractivity contribution in [2.24, 2.45) is 0 Å². The smallest absolute Gasteiger partial charge is 0.167 e. The second-order valence-corrected chi connectivity index (χ2v) is 2.64. The topological polar surface area (TPSA) is 35.5 Å². The number of rotatable bonds is 1. The summed E-state index contributed by atoms with van der Waals surface area (Å²) in [5.41, 5.74) is 0.545. The van der Waals surface area contributed by atoms with Gasteiger partial charge in [0.15, 0.2) is 17.3 Å². The van der Waals surface area contributed by atoms with Crippen molar-refractivity contribution in [3.8, 4) is 0 Å². The van der Waals surface area contributed by atoms with Crippen molar-refractivity contribution >= 4 is 5.78 Å². The first-order valence-corrected chi connectivity index (χ1v) is 3.70. The number of carbonyl (C=O) groups excluding carboxylic acids is 1.